The number of carbonyl (C=O) groups excluding carboxylic acids is 1. The van der Waals surface area contributed by atoms with E-state index in [1.54, 1.807) is 48.4 Å². The van der Waals surface area contributed by atoms with Crippen LogP contribution in [0.4, 0.5) is 5.69 Å². The van der Waals surface area contributed by atoms with E-state index in [4.69, 9.17) is 9.47 Å². The van der Waals surface area contributed by atoms with Crippen molar-refractivity contribution in [1.82, 2.24) is 4.98 Å². The molecule has 0 aliphatic carbocycles. The molecule has 1 aromatic heterocycles. The highest BCUT2D eigenvalue weighted by Gasteiger charge is 2.24. The van der Waals surface area contributed by atoms with Gasteiger partial charge in [-0.05, 0) is 54.8 Å². The van der Waals surface area contributed by atoms with Gasteiger partial charge in [0, 0.05) is 11.1 Å². The first kappa shape index (κ1) is 21.2. The Hall–Kier alpha value is -4.06. The summed E-state index contributed by atoms with van der Waals surface area (Å²) in [5.41, 5.74) is 3.03. The van der Waals surface area contributed by atoms with E-state index in [2.05, 4.69) is 4.98 Å². The number of nitrogens with zero attached hydrogens (tertiary/aromatic N) is 1. The molecule has 1 heterocycles. The number of rotatable bonds is 6. The molecule has 6 heteroatoms. The van der Waals surface area contributed by atoms with Gasteiger partial charge in [-0.2, -0.15) is 0 Å². The molecular formula is C26H24N2O4. The Kier molecular flexibility index (Phi) is 5.94. The number of pyridine rings is 1. The number of aromatic nitrogens is 1. The number of para-hydroxylation sites is 3. The second-order valence-electron chi connectivity index (χ2n) is 7.48. The summed E-state index contributed by atoms with van der Waals surface area (Å²) in [6, 6.07) is 21.9. The first-order valence-corrected chi connectivity index (χ1v) is 10.2. The molecule has 1 N–H and O–H groups in total. The van der Waals surface area contributed by atoms with Crippen LogP contribution in [0.1, 0.15) is 21.5 Å². The summed E-state index contributed by atoms with van der Waals surface area (Å²) in [6.07, 6.45) is 0. The number of nitrogens with one attached hydrogen (secondary N) is 1. The topological polar surface area (TPSA) is 71.6 Å². The van der Waals surface area contributed by atoms with Gasteiger partial charge in [0.05, 0.1) is 32.0 Å². The number of hydrogen-bond acceptors (Lipinski definition) is 4. The highest BCUT2D eigenvalue weighted by Crippen LogP contribution is 2.32. The summed E-state index contributed by atoms with van der Waals surface area (Å²) >= 11 is 0. The van der Waals surface area contributed by atoms with E-state index in [1.165, 1.54) is 7.11 Å². The van der Waals surface area contributed by atoms with Crippen LogP contribution in [0.15, 0.2) is 77.6 Å². The molecule has 6 nitrogen and oxygen atoms in total. The van der Waals surface area contributed by atoms with E-state index in [0.717, 1.165) is 16.5 Å². The molecule has 0 aliphatic heterocycles. The van der Waals surface area contributed by atoms with E-state index in [9.17, 15) is 9.59 Å². The molecule has 32 heavy (non-hydrogen) atoms. The lowest BCUT2D eigenvalue weighted by Crippen LogP contribution is -2.33. The van der Waals surface area contributed by atoms with Gasteiger partial charge in [-0.25, -0.2) is 0 Å². The molecule has 162 valence electrons. The van der Waals surface area contributed by atoms with Crippen molar-refractivity contribution < 1.29 is 14.3 Å². The van der Waals surface area contributed by atoms with Crippen LogP contribution in [0.3, 0.4) is 0 Å². The number of aromatic amines is 1. The zero-order valence-electron chi connectivity index (χ0n) is 18.2. The Morgan fingerprint density at radius 3 is 2.34 bits per heavy atom. The third-order valence-electron chi connectivity index (χ3n) is 5.36. The van der Waals surface area contributed by atoms with Crippen LogP contribution in [0.25, 0.3) is 10.9 Å². The van der Waals surface area contributed by atoms with Crippen LogP contribution in [0.2, 0.25) is 0 Å². The van der Waals surface area contributed by atoms with E-state index < -0.39 is 0 Å². The molecule has 4 rings (SSSR count). The average molecular weight is 428 g/mol. The van der Waals surface area contributed by atoms with Crippen molar-refractivity contribution in [1.29, 1.82) is 0 Å². The number of carbonyl (C=O) groups is 1. The number of fused-ring (bicyclic) bond motifs is 1. The highest BCUT2D eigenvalue weighted by atomic mass is 16.5. The fourth-order valence-electron chi connectivity index (χ4n) is 3.74. The lowest BCUT2D eigenvalue weighted by Gasteiger charge is -2.25. The van der Waals surface area contributed by atoms with Crippen molar-refractivity contribution in [2.24, 2.45) is 0 Å². The number of anilines is 1. The number of ether oxygens (including phenoxy) is 2. The maximum atomic E-state index is 13.7. The van der Waals surface area contributed by atoms with Crippen molar-refractivity contribution in [3.05, 3.63) is 99.8 Å². The standard InChI is InChI=1S/C26H24N2O4/c1-17-12-13-21-18(14-17)15-19(25(29)27-21)16-28(22-9-5-7-11-24(22)32-3)26(30)20-8-4-6-10-23(20)31-2/h4-15H,16H2,1-3H3,(H,27,29). The number of benzene rings is 3. The molecule has 0 bridgehead atoms. The van der Waals surface area contributed by atoms with Gasteiger partial charge < -0.3 is 19.4 Å². The van der Waals surface area contributed by atoms with Crippen molar-refractivity contribution in [2.45, 2.75) is 13.5 Å². The van der Waals surface area contributed by atoms with Gasteiger partial charge >= 0.3 is 0 Å². The average Bonchev–Trinajstić information content (AvgIpc) is 2.82. The molecule has 3 aromatic carbocycles. The van der Waals surface area contributed by atoms with Gasteiger partial charge in [0.15, 0.2) is 0 Å². The Balaban J connectivity index is 1.85. The van der Waals surface area contributed by atoms with Crippen molar-refractivity contribution in [2.75, 3.05) is 19.1 Å². The summed E-state index contributed by atoms with van der Waals surface area (Å²) < 4.78 is 10.9. The lowest BCUT2D eigenvalue weighted by molar-refractivity contribution is 0.0981. The molecule has 0 fully saturated rings. The Morgan fingerprint density at radius 2 is 1.59 bits per heavy atom. The first-order valence-electron chi connectivity index (χ1n) is 10.2. The smallest absolute Gasteiger partial charge is 0.262 e. The number of aryl methyl sites for hydroxylation is 1. The summed E-state index contributed by atoms with van der Waals surface area (Å²) in [6.45, 7) is 2.06. The van der Waals surface area contributed by atoms with Crippen LogP contribution in [-0.2, 0) is 6.54 Å². The van der Waals surface area contributed by atoms with Crippen molar-refractivity contribution in [3.63, 3.8) is 0 Å². The van der Waals surface area contributed by atoms with Crippen molar-refractivity contribution in [3.8, 4) is 11.5 Å². The molecule has 4 aromatic rings. The van der Waals surface area contributed by atoms with E-state index in [1.807, 2.05) is 43.3 Å². The first-order chi connectivity index (χ1) is 15.5. The van der Waals surface area contributed by atoms with Crippen LogP contribution in [-0.4, -0.2) is 25.1 Å². The quantitative estimate of drug-likeness (QED) is 0.483. The molecule has 0 saturated carbocycles. The maximum Gasteiger partial charge on any atom is 0.262 e. The Morgan fingerprint density at radius 1 is 0.906 bits per heavy atom. The third kappa shape index (κ3) is 4.07. The van der Waals surface area contributed by atoms with Crippen LogP contribution < -0.4 is 19.9 Å². The molecule has 0 spiro atoms. The monoisotopic (exact) mass is 428 g/mol. The fourth-order valence-corrected chi connectivity index (χ4v) is 3.74. The lowest BCUT2D eigenvalue weighted by atomic mass is 10.1. The molecule has 0 unspecified atom stereocenters. The molecule has 0 atom stereocenters. The van der Waals surface area contributed by atoms with Gasteiger partial charge in [-0.3, -0.25) is 9.59 Å². The third-order valence-corrected chi connectivity index (χ3v) is 5.36. The summed E-state index contributed by atoms with van der Waals surface area (Å²) in [5, 5.41) is 0.907. The number of amides is 1. The molecule has 0 radical (unpaired) electrons. The zero-order valence-corrected chi connectivity index (χ0v) is 18.2. The molecule has 0 saturated heterocycles. The van der Waals surface area contributed by atoms with Crippen LogP contribution in [0.5, 0.6) is 11.5 Å². The van der Waals surface area contributed by atoms with E-state index in [0.29, 0.717) is 28.3 Å². The number of methoxy groups -OCH3 is 2. The number of H-pyrrole nitrogens is 1. The second-order valence-corrected chi connectivity index (χ2v) is 7.48. The van der Waals surface area contributed by atoms with Crippen LogP contribution >= 0.6 is 0 Å². The van der Waals surface area contributed by atoms with Gasteiger partial charge in [0.2, 0.25) is 0 Å². The Labute approximate surface area is 186 Å². The summed E-state index contributed by atoms with van der Waals surface area (Å²) in [5.74, 6) is 0.694. The number of hydrogen-bond donors (Lipinski definition) is 1. The SMILES string of the molecule is COc1ccccc1C(=O)N(Cc1cc2cc(C)ccc2[nH]c1=O)c1ccccc1OC. The minimum absolute atomic E-state index is 0.0659. The molecule has 0 aliphatic rings. The maximum absolute atomic E-state index is 13.7. The fraction of sp³-hybridized carbons (Fsp3) is 0.154. The predicted octanol–water partition coefficient (Wildman–Crippen LogP) is 4.70. The van der Waals surface area contributed by atoms with E-state index >= 15 is 0 Å². The van der Waals surface area contributed by atoms with Crippen LogP contribution in [0, 0.1) is 6.92 Å². The normalized spacial score (nSPS) is 10.7. The van der Waals surface area contributed by atoms with Gasteiger partial charge in [0.1, 0.15) is 11.5 Å². The largest absolute Gasteiger partial charge is 0.496 e. The Bertz CT molecular complexity index is 1340. The summed E-state index contributed by atoms with van der Waals surface area (Å²) in [4.78, 5) is 31.0. The zero-order chi connectivity index (χ0) is 22.7. The minimum atomic E-state index is -0.296. The summed E-state index contributed by atoms with van der Waals surface area (Å²) in [7, 11) is 3.08. The van der Waals surface area contributed by atoms with Gasteiger partial charge in [0.25, 0.3) is 11.5 Å². The van der Waals surface area contributed by atoms with Gasteiger partial charge in [-0.1, -0.05) is 35.9 Å². The van der Waals surface area contributed by atoms with E-state index in [-0.39, 0.29) is 18.0 Å². The second kappa shape index (κ2) is 8.98. The highest BCUT2D eigenvalue weighted by molar-refractivity contribution is 6.08. The molecule has 1 amide bonds. The minimum Gasteiger partial charge on any atom is -0.496 e. The van der Waals surface area contributed by atoms with Crippen molar-refractivity contribution >= 4 is 22.5 Å². The van der Waals surface area contributed by atoms with Gasteiger partial charge in [-0.15, -0.1) is 0 Å². The molecular weight excluding hydrogens is 404 g/mol. The predicted molar refractivity (Wildman–Crippen MR) is 126 cm³/mol.